The molecule has 7 nitrogen and oxygen atoms in total. The number of rotatable bonds is 5. The lowest BCUT2D eigenvalue weighted by molar-refractivity contribution is 0.106. The fourth-order valence-electron chi connectivity index (χ4n) is 3.91. The van der Waals surface area contributed by atoms with E-state index in [9.17, 15) is 0 Å². The van der Waals surface area contributed by atoms with Gasteiger partial charge in [0, 0.05) is 45.8 Å². The molecule has 1 aromatic rings. The van der Waals surface area contributed by atoms with Crippen molar-refractivity contribution in [3.63, 3.8) is 0 Å². The third-order valence-electron chi connectivity index (χ3n) is 5.66. The molecule has 3 rings (SSSR count). The van der Waals surface area contributed by atoms with Crippen LogP contribution in [-0.2, 0) is 13.6 Å². The minimum Gasteiger partial charge on any atom is -0.353 e. The molecule has 0 radical (unpaired) electrons. The summed E-state index contributed by atoms with van der Waals surface area (Å²) in [4.78, 5) is 9.86. The fraction of sp³-hybridized carbons (Fsp3) is 0.737. The first-order valence-electron chi connectivity index (χ1n) is 9.92. The highest BCUT2D eigenvalue weighted by atomic mass is 127. The summed E-state index contributed by atoms with van der Waals surface area (Å²) in [5.41, 5.74) is 0. The van der Waals surface area contributed by atoms with Gasteiger partial charge in [0.1, 0.15) is 12.4 Å². The van der Waals surface area contributed by atoms with Crippen molar-refractivity contribution in [3.8, 4) is 0 Å². The summed E-state index contributed by atoms with van der Waals surface area (Å²) >= 11 is 0. The van der Waals surface area contributed by atoms with Gasteiger partial charge in [-0.15, -0.1) is 40.8 Å². The fourth-order valence-corrected chi connectivity index (χ4v) is 3.91. The lowest BCUT2D eigenvalue weighted by Crippen LogP contribution is -2.55. The van der Waals surface area contributed by atoms with Gasteiger partial charge in [-0.25, -0.2) is 4.99 Å². The number of halogens is 1. The van der Waals surface area contributed by atoms with Gasteiger partial charge in [0.25, 0.3) is 0 Å². The van der Waals surface area contributed by atoms with Gasteiger partial charge in [-0.2, -0.15) is 0 Å². The first-order valence-corrected chi connectivity index (χ1v) is 9.92. The van der Waals surface area contributed by atoms with Gasteiger partial charge in [-0.3, -0.25) is 4.90 Å². The van der Waals surface area contributed by atoms with E-state index in [1.54, 1.807) is 0 Å². The maximum absolute atomic E-state index is 4.81. The second-order valence-corrected chi connectivity index (χ2v) is 7.35. The number of aryl methyl sites for hydroxylation is 1. The molecule has 1 aromatic heterocycles. The first-order chi connectivity index (χ1) is 12.7. The summed E-state index contributed by atoms with van der Waals surface area (Å²) in [6.07, 6.45) is 8.84. The van der Waals surface area contributed by atoms with Crippen LogP contribution in [0.5, 0.6) is 0 Å². The molecule has 2 aliphatic rings. The zero-order valence-corrected chi connectivity index (χ0v) is 19.1. The van der Waals surface area contributed by atoms with Crippen molar-refractivity contribution in [2.75, 3.05) is 32.7 Å². The van der Waals surface area contributed by atoms with Crippen LogP contribution in [0.4, 0.5) is 0 Å². The third-order valence-corrected chi connectivity index (χ3v) is 5.66. The minimum absolute atomic E-state index is 0. The Bertz CT molecular complexity index is 614. The Balaban J connectivity index is 0.00000261. The highest BCUT2D eigenvalue weighted by Crippen LogP contribution is 2.23. The van der Waals surface area contributed by atoms with Crippen LogP contribution in [0.25, 0.3) is 0 Å². The van der Waals surface area contributed by atoms with Crippen LogP contribution in [0.15, 0.2) is 17.6 Å². The minimum atomic E-state index is 0. The van der Waals surface area contributed by atoms with E-state index in [2.05, 4.69) is 31.9 Å². The zero-order chi connectivity index (χ0) is 18.4. The molecule has 0 spiro atoms. The van der Waals surface area contributed by atoms with Crippen molar-refractivity contribution in [2.24, 2.45) is 12.0 Å². The molecule has 0 amide bonds. The lowest BCUT2D eigenvalue weighted by atomic mass is 9.94. The summed E-state index contributed by atoms with van der Waals surface area (Å²) in [5, 5.41) is 11.7. The number of piperazine rings is 1. The van der Waals surface area contributed by atoms with Crippen molar-refractivity contribution in [1.29, 1.82) is 0 Å². The van der Waals surface area contributed by atoms with E-state index in [-0.39, 0.29) is 24.0 Å². The molecule has 0 aromatic carbocycles. The Kier molecular flexibility index (Phi) is 9.01. The number of hydrogen-bond donors (Lipinski definition) is 1. The van der Waals surface area contributed by atoms with Gasteiger partial charge in [-0.1, -0.05) is 25.3 Å². The standard InChI is InChI=1S/C19H33N7.HI/c1-4-10-20-19(21-15-18-23-22-16(2)24(18)3)26-13-11-25(12-14-26)17-8-6-5-7-9-17;/h4,17H,1,5-15H2,2-3H3,(H,20,21);1H. The van der Waals surface area contributed by atoms with Crippen LogP contribution in [0.1, 0.15) is 43.8 Å². The summed E-state index contributed by atoms with van der Waals surface area (Å²) in [5.74, 6) is 2.76. The van der Waals surface area contributed by atoms with Gasteiger partial charge in [0.15, 0.2) is 11.8 Å². The van der Waals surface area contributed by atoms with Crippen LogP contribution in [0, 0.1) is 6.92 Å². The number of hydrogen-bond acceptors (Lipinski definition) is 4. The Morgan fingerprint density at radius 1 is 1.19 bits per heavy atom. The van der Waals surface area contributed by atoms with E-state index in [1.165, 1.54) is 32.1 Å². The Hall–Kier alpha value is -1.16. The summed E-state index contributed by atoms with van der Waals surface area (Å²) in [7, 11) is 1.99. The molecular formula is C19H34IN7. The molecule has 1 aliphatic heterocycles. The van der Waals surface area contributed by atoms with Crippen molar-refractivity contribution >= 4 is 29.9 Å². The quantitative estimate of drug-likeness (QED) is 0.299. The molecule has 1 aliphatic carbocycles. The summed E-state index contributed by atoms with van der Waals surface area (Å²) in [6, 6.07) is 0.800. The van der Waals surface area contributed by atoms with E-state index in [0.717, 1.165) is 56.4 Å². The molecule has 1 saturated heterocycles. The van der Waals surface area contributed by atoms with Gasteiger partial charge in [0.05, 0.1) is 0 Å². The normalized spacial score (nSPS) is 19.6. The summed E-state index contributed by atoms with van der Waals surface area (Å²) in [6.45, 7) is 11.3. The van der Waals surface area contributed by atoms with Gasteiger partial charge >= 0.3 is 0 Å². The highest BCUT2D eigenvalue weighted by molar-refractivity contribution is 14.0. The molecule has 2 heterocycles. The molecule has 152 valence electrons. The van der Waals surface area contributed by atoms with Crippen LogP contribution < -0.4 is 5.32 Å². The van der Waals surface area contributed by atoms with E-state index in [1.807, 2.05) is 24.6 Å². The molecule has 1 saturated carbocycles. The largest absolute Gasteiger partial charge is 0.353 e. The predicted molar refractivity (Wildman–Crippen MR) is 121 cm³/mol. The molecule has 8 heteroatoms. The topological polar surface area (TPSA) is 61.6 Å². The van der Waals surface area contributed by atoms with E-state index >= 15 is 0 Å². The monoisotopic (exact) mass is 487 g/mol. The molecule has 27 heavy (non-hydrogen) atoms. The maximum Gasteiger partial charge on any atom is 0.194 e. The number of nitrogens with one attached hydrogen (secondary N) is 1. The van der Waals surface area contributed by atoms with Crippen molar-refractivity contribution in [3.05, 3.63) is 24.3 Å². The van der Waals surface area contributed by atoms with Crippen molar-refractivity contribution in [2.45, 2.75) is 51.6 Å². The van der Waals surface area contributed by atoms with E-state index in [0.29, 0.717) is 6.54 Å². The van der Waals surface area contributed by atoms with Crippen LogP contribution >= 0.6 is 24.0 Å². The van der Waals surface area contributed by atoms with Gasteiger partial charge < -0.3 is 14.8 Å². The first kappa shape index (κ1) is 22.1. The molecule has 0 atom stereocenters. The lowest BCUT2D eigenvalue weighted by Gasteiger charge is -2.41. The molecule has 0 bridgehead atoms. The van der Waals surface area contributed by atoms with Crippen LogP contribution in [-0.4, -0.2) is 69.3 Å². The Labute approximate surface area is 180 Å². The SMILES string of the molecule is C=CCNC(=NCc1nnc(C)n1C)N1CCN(C2CCCCC2)CC1.I. The second kappa shape index (κ2) is 11.0. The summed E-state index contributed by atoms with van der Waals surface area (Å²) < 4.78 is 2.00. The molecule has 2 fully saturated rings. The number of nitrogens with zero attached hydrogens (tertiary/aromatic N) is 6. The van der Waals surface area contributed by atoms with E-state index in [4.69, 9.17) is 4.99 Å². The zero-order valence-electron chi connectivity index (χ0n) is 16.7. The second-order valence-electron chi connectivity index (χ2n) is 7.35. The highest BCUT2D eigenvalue weighted by Gasteiger charge is 2.26. The molecular weight excluding hydrogens is 453 g/mol. The van der Waals surface area contributed by atoms with Crippen molar-refractivity contribution < 1.29 is 0 Å². The average Bonchev–Trinajstić information content (AvgIpc) is 3.01. The average molecular weight is 487 g/mol. The van der Waals surface area contributed by atoms with Crippen molar-refractivity contribution in [1.82, 2.24) is 29.9 Å². The van der Waals surface area contributed by atoms with E-state index < -0.39 is 0 Å². The Morgan fingerprint density at radius 2 is 1.89 bits per heavy atom. The number of aromatic nitrogens is 3. The Morgan fingerprint density at radius 3 is 2.48 bits per heavy atom. The van der Waals surface area contributed by atoms with Gasteiger partial charge in [-0.05, 0) is 19.8 Å². The van der Waals surface area contributed by atoms with Gasteiger partial charge in [0.2, 0.25) is 0 Å². The molecule has 1 N–H and O–H groups in total. The third kappa shape index (κ3) is 5.91. The smallest absolute Gasteiger partial charge is 0.194 e. The number of aliphatic imine (C=N–C) groups is 1. The number of guanidine groups is 1. The predicted octanol–water partition coefficient (Wildman–Crippen LogP) is 2.32. The maximum atomic E-state index is 4.81. The van der Waals surface area contributed by atoms with Crippen LogP contribution in [0.3, 0.4) is 0 Å². The van der Waals surface area contributed by atoms with Crippen LogP contribution in [0.2, 0.25) is 0 Å². The molecule has 0 unspecified atom stereocenters.